The van der Waals surface area contributed by atoms with Crippen molar-refractivity contribution >= 4 is 5.96 Å². The second-order valence-corrected chi connectivity index (χ2v) is 7.02. The molecular weight excluding hydrogens is 276 g/mol. The fourth-order valence-corrected chi connectivity index (χ4v) is 3.06. The normalized spacial score (nSPS) is 19.0. The fourth-order valence-electron chi connectivity index (χ4n) is 3.06. The van der Waals surface area contributed by atoms with Crippen LogP contribution < -0.4 is 10.6 Å². The molecule has 0 bridgehead atoms. The predicted molar refractivity (Wildman–Crippen MR) is 87.7 cm³/mol. The van der Waals surface area contributed by atoms with E-state index in [0.717, 1.165) is 41.7 Å². The van der Waals surface area contributed by atoms with Crippen LogP contribution in [0, 0.1) is 17.8 Å². The second kappa shape index (κ2) is 6.71. The molecule has 2 aliphatic rings. The quantitative estimate of drug-likeness (QED) is 0.600. The lowest BCUT2D eigenvalue weighted by atomic mass is 9.98. The highest BCUT2D eigenvalue weighted by molar-refractivity contribution is 5.79. The summed E-state index contributed by atoms with van der Waals surface area (Å²) in [5.74, 6) is 4.87. The third-order valence-corrected chi connectivity index (χ3v) is 4.78. The first-order valence-corrected chi connectivity index (χ1v) is 8.57. The maximum atomic E-state index is 5.35. The molecular formula is C17H28N4O. The third-order valence-electron chi connectivity index (χ3n) is 4.78. The molecule has 22 heavy (non-hydrogen) atoms. The maximum absolute atomic E-state index is 5.35. The third kappa shape index (κ3) is 4.02. The molecule has 1 aromatic heterocycles. The van der Waals surface area contributed by atoms with Crippen molar-refractivity contribution in [1.29, 1.82) is 0 Å². The molecule has 0 aliphatic heterocycles. The molecule has 2 N–H and O–H groups in total. The first-order valence-electron chi connectivity index (χ1n) is 8.57. The molecule has 0 spiro atoms. The summed E-state index contributed by atoms with van der Waals surface area (Å²) in [7, 11) is 1.82. The Kier molecular flexibility index (Phi) is 4.69. The van der Waals surface area contributed by atoms with Gasteiger partial charge in [-0.15, -0.1) is 0 Å². The highest BCUT2D eigenvalue weighted by Gasteiger charge is 2.41. The molecule has 1 heterocycles. The van der Waals surface area contributed by atoms with E-state index in [1.165, 1.54) is 25.7 Å². The molecule has 2 fully saturated rings. The summed E-state index contributed by atoms with van der Waals surface area (Å²) in [6.45, 7) is 5.90. The van der Waals surface area contributed by atoms with Gasteiger partial charge in [0.2, 0.25) is 0 Å². The van der Waals surface area contributed by atoms with E-state index >= 15 is 0 Å². The summed E-state index contributed by atoms with van der Waals surface area (Å²) in [6, 6.07) is 2.02. The van der Waals surface area contributed by atoms with Gasteiger partial charge in [0.05, 0.1) is 12.2 Å². The van der Waals surface area contributed by atoms with Gasteiger partial charge in [0.15, 0.2) is 11.7 Å². The van der Waals surface area contributed by atoms with Gasteiger partial charge in [-0.05, 0) is 49.4 Å². The van der Waals surface area contributed by atoms with Gasteiger partial charge < -0.3 is 15.2 Å². The Hall–Kier alpha value is -1.52. The summed E-state index contributed by atoms with van der Waals surface area (Å²) >= 11 is 0. The van der Waals surface area contributed by atoms with Crippen molar-refractivity contribution in [2.45, 2.75) is 52.0 Å². The van der Waals surface area contributed by atoms with Gasteiger partial charge in [0.25, 0.3) is 0 Å². The minimum absolute atomic E-state index is 0.396. The van der Waals surface area contributed by atoms with Crippen LogP contribution >= 0.6 is 0 Å². The minimum atomic E-state index is 0.396. The SMILES string of the molecule is CN=C(NCc1cc(C(C)C)no1)NCC(C1CC1)C1CC1. The molecule has 1 aromatic rings. The molecule has 0 saturated heterocycles. The average molecular weight is 304 g/mol. The molecule has 0 atom stereocenters. The Morgan fingerprint density at radius 2 is 1.95 bits per heavy atom. The highest BCUT2D eigenvalue weighted by atomic mass is 16.5. The van der Waals surface area contributed by atoms with E-state index in [1.807, 2.05) is 13.1 Å². The molecule has 5 nitrogen and oxygen atoms in total. The first kappa shape index (κ1) is 15.4. The lowest BCUT2D eigenvalue weighted by molar-refractivity contribution is 0.370. The van der Waals surface area contributed by atoms with Crippen LogP contribution in [-0.4, -0.2) is 24.7 Å². The second-order valence-electron chi connectivity index (χ2n) is 7.02. The molecule has 2 aliphatic carbocycles. The van der Waals surface area contributed by atoms with Crippen molar-refractivity contribution in [1.82, 2.24) is 15.8 Å². The summed E-state index contributed by atoms with van der Waals surface area (Å²) < 4.78 is 5.35. The van der Waals surface area contributed by atoms with Gasteiger partial charge in [-0.3, -0.25) is 4.99 Å². The Labute approximate surface area is 132 Å². The van der Waals surface area contributed by atoms with E-state index in [2.05, 4.69) is 34.6 Å². The molecule has 2 saturated carbocycles. The number of rotatable bonds is 7. The van der Waals surface area contributed by atoms with E-state index in [0.29, 0.717) is 12.5 Å². The summed E-state index contributed by atoms with van der Waals surface area (Å²) in [5.41, 5.74) is 1.00. The van der Waals surface area contributed by atoms with Gasteiger partial charge in [-0.25, -0.2) is 0 Å². The summed E-state index contributed by atoms with van der Waals surface area (Å²) in [6.07, 6.45) is 5.69. The lowest BCUT2D eigenvalue weighted by Crippen LogP contribution is -2.40. The van der Waals surface area contributed by atoms with Gasteiger partial charge in [-0.1, -0.05) is 19.0 Å². The summed E-state index contributed by atoms with van der Waals surface area (Å²) in [4.78, 5) is 4.31. The van der Waals surface area contributed by atoms with Crippen LogP contribution in [0.1, 0.15) is 56.9 Å². The fraction of sp³-hybridized carbons (Fsp3) is 0.765. The Balaban J connectivity index is 1.45. The zero-order valence-corrected chi connectivity index (χ0v) is 13.9. The van der Waals surface area contributed by atoms with Crippen LogP contribution in [-0.2, 0) is 6.54 Å². The predicted octanol–water partition coefficient (Wildman–Crippen LogP) is 2.90. The summed E-state index contributed by atoms with van der Waals surface area (Å²) in [5, 5.41) is 10.9. The largest absolute Gasteiger partial charge is 0.359 e. The van der Waals surface area contributed by atoms with Gasteiger partial charge >= 0.3 is 0 Å². The molecule has 0 amide bonds. The number of nitrogens with zero attached hydrogens (tertiary/aromatic N) is 2. The number of nitrogens with one attached hydrogen (secondary N) is 2. The highest BCUT2D eigenvalue weighted by Crippen LogP contribution is 2.48. The Bertz CT molecular complexity index is 502. The van der Waals surface area contributed by atoms with Crippen LogP contribution in [0.2, 0.25) is 0 Å². The van der Waals surface area contributed by atoms with Crippen LogP contribution in [0.4, 0.5) is 0 Å². The van der Waals surface area contributed by atoms with Gasteiger partial charge in [0.1, 0.15) is 0 Å². The maximum Gasteiger partial charge on any atom is 0.191 e. The van der Waals surface area contributed by atoms with Crippen LogP contribution in [0.3, 0.4) is 0 Å². The smallest absolute Gasteiger partial charge is 0.191 e. The molecule has 0 unspecified atom stereocenters. The molecule has 5 heteroatoms. The molecule has 0 aromatic carbocycles. The zero-order chi connectivity index (χ0) is 15.5. The Morgan fingerprint density at radius 1 is 1.27 bits per heavy atom. The number of aromatic nitrogens is 1. The lowest BCUT2D eigenvalue weighted by Gasteiger charge is -2.18. The Morgan fingerprint density at radius 3 is 2.45 bits per heavy atom. The number of guanidine groups is 1. The van der Waals surface area contributed by atoms with Crippen LogP contribution in [0.25, 0.3) is 0 Å². The first-order chi connectivity index (χ1) is 10.7. The van der Waals surface area contributed by atoms with Crippen molar-refractivity contribution in [3.8, 4) is 0 Å². The standard InChI is InChI=1S/C17H28N4O/c1-11(2)16-8-14(22-21-16)9-19-17(18-3)20-10-15(12-4-5-12)13-6-7-13/h8,11-13,15H,4-7,9-10H2,1-3H3,(H2,18,19,20). The zero-order valence-electron chi connectivity index (χ0n) is 13.9. The van der Waals surface area contributed by atoms with Gasteiger partial charge in [-0.2, -0.15) is 0 Å². The van der Waals surface area contributed by atoms with E-state index in [9.17, 15) is 0 Å². The number of hydrogen-bond donors (Lipinski definition) is 2. The molecule has 122 valence electrons. The van der Waals surface area contributed by atoms with Gasteiger partial charge in [0, 0.05) is 19.7 Å². The van der Waals surface area contributed by atoms with Crippen molar-refractivity contribution in [2.24, 2.45) is 22.7 Å². The van der Waals surface area contributed by atoms with Crippen molar-refractivity contribution < 1.29 is 4.52 Å². The van der Waals surface area contributed by atoms with Crippen molar-refractivity contribution in [3.05, 3.63) is 17.5 Å². The molecule has 0 radical (unpaired) electrons. The van der Waals surface area contributed by atoms with E-state index in [-0.39, 0.29) is 0 Å². The van der Waals surface area contributed by atoms with Crippen LogP contribution in [0.15, 0.2) is 15.6 Å². The van der Waals surface area contributed by atoms with Crippen LogP contribution in [0.5, 0.6) is 0 Å². The van der Waals surface area contributed by atoms with Crippen molar-refractivity contribution in [2.75, 3.05) is 13.6 Å². The molecule has 3 rings (SSSR count). The number of hydrogen-bond acceptors (Lipinski definition) is 3. The van der Waals surface area contributed by atoms with E-state index in [4.69, 9.17) is 4.52 Å². The number of aliphatic imine (C=N–C) groups is 1. The van der Waals surface area contributed by atoms with E-state index < -0.39 is 0 Å². The monoisotopic (exact) mass is 304 g/mol. The average Bonchev–Trinajstić information content (AvgIpc) is 3.43. The van der Waals surface area contributed by atoms with Crippen molar-refractivity contribution in [3.63, 3.8) is 0 Å². The topological polar surface area (TPSA) is 62.5 Å². The minimum Gasteiger partial charge on any atom is -0.359 e. The van der Waals surface area contributed by atoms with E-state index in [1.54, 1.807) is 0 Å².